The van der Waals surface area contributed by atoms with Crippen LogP contribution in [0.3, 0.4) is 0 Å². The van der Waals surface area contributed by atoms with Gasteiger partial charge in [-0.05, 0) is 54.1 Å². The lowest BCUT2D eigenvalue weighted by Gasteiger charge is -2.27. The van der Waals surface area contributed by atoms with Crippen molar-refractivity contribution in [2.75, 3.05) is 45.3 Å². The molecule has 0 amide bonds. The van der Waals surface area contributed by atoms with E-state index in [-0.39, 0.29) is 17.4 Å². The molecular weight excluding hydrogens is 578 g/mol. The van der Waals surface area contributed by atoms with Gasteiger partial charge in [-0.15, -0.1) is 0 Å². The van der Waals surface area contributed by atoms with Crippen molar-refractivity contribution in [1.82, 2.24) is 14.7 Å². The maximum Gasteiger partial charge on any atom is 0.174 e. The number of fused-ring (bicyclic) bond motifs is 1. The van der Waals surface area contributed by atoms with Crippen LogP contribution >= 0.6 is 23.4 Å². The summed E-state index contributed by atoms with van der Waals surface area (Å²) in [5, 5.41) is 8.81. The zero-order valence-electron chi connectivity index (χ0n) is 24.2. The number of rotatable bonds is 10. The summed E-state index contributed by atoms with van der Waals surface area (Å²) in [6.45, 7) is 5.72. The maximum atomic E-state index is 15.3. The van der Waals surface area contributed by atoms with Gasteiger partial charge in [-0.2, -0.15) is 0 Å². The second-order valence-electron chi connectivity index (χ2n) is 11.8. The molecule has 5 rings (SSSR count). The Hall–Kier alpha value is -3.60. The number of nitrogens with one attached hydrogen (secondary N) is 1. The fraction of sp³-hybridized carbons (Fsp3) is 0.290. The summed E-state index contributed by atoms with van der Waals surface area (Å²) in [7, 11) is 6.30. The third-order valence-electron chi connectivity index (χ3n) is 7.27. The molecule has 0 fully saturated rings. The first kappa shape index (κ1) is 29.9. The molecule has 0 saturated carbocycles. The number of hydrogen-bond donors (Lipinski definition) is 2. The van der Waals surface area contributed by atoms with E-state index in [1.807, 2.05) is 22.8 Å². The summed E-state index contributed by atoms with van der Waals surface area (Å²) in [5.41, 5.74) is 9.66. The fourth-order valence-corrected chi connectivity index (χ4v) is 6.11. The lowest BCUT2D eigenvalue weighted by molar-refractivity contribution is -0.868. The number of quaternary nitrogens is 1. The molecule has 0 aliphatic rings. The highest BCUT2D eigenvalue weighted by atomic mass is 35.5. The molecule has 0 atom stereocenters. The predicted octanol–water partition coefficient (Wildman–Crippen LogP) is 7.26. The first-order valence-electron chi connectivity index (χ1n) is 13.5. The number of imidazole rings is 1. The first-order valence-corrected chi connectivity index (χ1v) is 14.8. The van der Waals surface area contributed by atoms with Crippen molar-refractivity contribution in [2.24, 2.45) is 0 Å². The van der Waals surface area contributed by atoms with E-state index in [0.29, 0.717) is 39.4 Å². The van der Waals surface area contributed by atoms with Crippen LogP contribution in [-0.2, 0) is 11.2 Å². The van der Waals surface area contributed by atoms with Crippen molar-refractivity contribution in [2.45, 2.75) is 30.2 Å². The number of hydrogen-bond acceptors (Lipinski definition) is 6. The molecule has 0 saturated heterocycles. The van der Waals surface area contributed by atoms with Crippen molar-refractivity contribution < 1.29 is 17.8 Å². The quantitative estimate of drug-likeness (QED) is 0.128. The van der Waals surface area contributed by atoms with Crippen molar-refractivity contribution in [1.29, 1.82) is 0 Å². The van der Waals surface area contributed by atoms with E-state index >= 15 is 4.39 Å². The number of likely N-dealkylation sites (N-methyl/N-ethyl adjacent to an activating group) is 1. The number of benzene rings is 3. The van der Waals surface area contributed by atoms with E-state index in [1.165, 1.54) is 30.0 Å². The summed E-state index contributed by atoms with van der Waals surface area (Å²) in [6, 6.07) is 15.2. The van der Waals surface area contributed by atoms with Gasteiger partial charge >= 0.3 is 0 Å². The Morgan fingerprint density at radius 2 is 1.81 bits per heavy atom. The van der Waals surface area contributed by atoms with Gasteiger partial charge in [0, 0.05) is 33.1 Å². The van der Waals surface area contributed by atoms with Crippen molar-refractivity contribution >= 4 is 45.8 Å². The second kappa shape index (κ2) is 11.6. The number of nitrogen functional groups attached to an aromatic ring is 1. The van der Waals surface area contributed by atoms with E-state index in [2.05, 4.69) is 45.5 Å². The van der Waals surface area contributed by atoms with Crippen LogP contribution in [-0.4, -0.2) is 53.4 Å². The number of halogens is 3. The molecular formula is C31H34ClF2N6OS+. The Kier molecular flexibility index (Phi) is 8.24. The molecule has 42 heavy (non-hydrogen) atoms. The van der Waals surface area contributed by atoms with E-state index in [4.69, 9.17) is 26.8 Å². The molecule has 11 heteroatoms. The molecule has 7 nitrogen and oxygen atoms in total. The van der Waals surface area contributed by atoms with Gasteiger partial charge in [-0.25, -0.2) is 13.8 Å². The van der Waals surface area contributed by atoms with Gasteiger partial charge in [0.2, 0.25) is 0 Å². The molecule has 0 radical (unpaired) electrons. The first-order chi connectivity index (χ1) is 19.8. The Balaban J connectivity index is 1.47. The number of thioether (sulfide) groups is 1. The van der Waals surface area contributed by atoms with Crippen LogP contribution in [0.5, 0.6) is 0 Å². The van der Waals surface area contributed by atoms with Crippen molar-refractivity contribution in [3.8, 4) is 5.69 Å². The minimum absolute atomic E-state index is 0.255. The van der Waals surface area contributed by atoms with Gasteiger partial charge in [0.05, 0.1) is 51.5 Å². The average molecular weight is 612 g/mol. The van der Waals surface area contributed by atoms with Crippen molar-refractivity contribution in [3.05, 3.63) is 94.3 Å². The minimum Gasteiger partial charge on any atom is -0.380 e. The largest absolute Gasteiger partial charge is 0.380 e. The molecule has 3 aromatic carbocycles. The van der Waals surface area contributed by atoms with Crippen molar-refractivity contribution in [3.63, 3.8) is 0 Å². The average Bonchev–Trinajstić information content (AvgIpc) is 3.52. The van der Waals surface area contributed by atoms with Gasteiger partial charge < -0.3 is 20.1 Å². The van der Waals surface area contributed by atoms with E-state index in [9.17, 15) is 4.39 Å². The molecule has 220 valence electrons. The van der Waals surface area contributed by atoms with Crippen LogP contribution in [0.2, 0.25) is 5.02 Å². The smallest absolute Gasteiger partial charge is 0.174 e. The number of aromatic nitrogens is 3. The van der Waals surface area contributed by atoms with Gasteiger partial charge in [0.25, 0.3) is 0 Å². The van der Waals surface area contributed by atoms with E-state index in [0.717, 1.165) is 33.4 Å². The zero-order chi connectivity index (χ0) is 30.2. The third kappa shape index (κ3) is 6.25. The summed E-state index contributed by atoms with van der Waals surface area (Å²) in [4.78, 5) is 4.73. The minimum atomic E-state index is -0.555. The van der Waals surface area contributed by atoms with Crippen LogP contribution in [0.15, 0.2) is 70.5 Å². The molecule has 5 aromatic rings. The Labute approximate surface area is 253 Å². The highest BCUT2D eigenvalue weighted by Crippen LogP contribution is 2.39. The Morgan fingerprint density at radius 3 is 2.50 bits per heavy atom. The SMILES string of the molecule is CC(C)(c1ccc2onc(N)c2c1)c1cnc(SCc2c(F)cc(NCC[N+](C)(C)C)cc2Cl)n1-c1ccc(F)cc1. The molecule has 0 aliphatic heterocycles. The number of nitrogens with two attached hydrogens (primary N) is 1. The summed E-state index contributed by atoms with van der Waals surface area (Å²) >= 11 is 7.92. The van der Waals surface area contributed by atoms with E-state index < -0.39 is 5.41 Å². The molecule has 0 bridgehead atoms. The normalized spacial score (nSPS) is 12.3. The Bertz CT molecular complexity index is 1700. The summed E-state index contributed by atoms with van der Waals surface area (Å²) in [6.07, 6.45) is 1.80. The predicted molar refractivity (Wildman–Crippen MR) is 166 cm³/mol. The maximum absolute atomic E-state index is 15.3. The standard InChI is InChI=1S/C31H34ClF2N6OS/c1-31(2,19-6-11-27-23(14-19)29(35)38-41-27)28-17-37-30(39(28)22-9-7-20(33)8-10-22)42-18-24-25(32)15-21(16-26(24)34)36-12-13-40(3,4)5/h6-11,14-17,36H,12-13,18H2,1-5H3,(H2,35,38)/q+1. The summed E-state index contributed by atoms with van der Waals surface area (Å²) < 4.78 is 37.2. The highest BCUT2D eigenvalue weighted by molar-refractivity contribution is 7.98. The van der Waals surface area contributed by atoms with Gasteiger partial charge in [0.1, 0.15) is 11.6 Å². The van der Waals surface area contributed by atoms with Gasteiger partial charge in [-0.3, -0.25) is 4.57 Å². The van der Waals surface area contributed by atoms with Gasteiger partial charge in [-0.1, -0.05) is 48.4 Å². The Morgan fingerprint density at radius 1 is 1.07 bits per heavy atom. The van der Waals surface area contributed by atoms with Crippen LogP contribution < -0.4 is 11.1 Å². The van der Waals surface area contributed by atoms with Crippen LogP contribution in [0.1, 0.15) is 30.7 Å². The fourth-order valence-electron chi connectivity index (χ4n) is 4.73. The second-order valence-corrected chi connectivity index (χ2v) is 13.1. The third-order valence-corrected chi connectivity index (χ3v) is 8.59. The molecule has 2 aromatic heterocycles. The zero-order valence-corrected chi connectivity index (χ0v) is 25.8. The highest BCUT2D eigenvalue weighted by Gasteiger charge is 2.30. The molecule has 0 spiro atoms. The van der Waals surface area contributed by atoms with Crippen LogP contribution in [0, 0.1) is 11.6 Å². The molecule has 3 N–H and O–H groups in total. The van der Waals surface area contributed by atoms with Crippen LogP contribution in [0.4, 0.5) is 20.3 Å². The topological polar surface area (TPSA) is 81.9 Å². The monoisotopic (exact) mass is 611 g/mol. The number of nitrogens with zero attached hydrogens (tertiary/aromatic N) is 4. The van der Waals surface area contributed by atoms with Gasteiger partial charge in [0.15, 0.2) is 16.6 Å². The summed E-state index contributed by atoms with van der Waals surface area (Å²) in [5.74, 6) is -0.154. The van der Waals surface area contributed by atoms with E-state index in [1.54, 1.807) is 24.4 Å². The molecule has 0 aliphatic carbocycles. The lowest BCUT2D eigenvalue weighted by Crippen LogP contribution is -2.38. The van der Waals surface area contributed by atoms with Crippen LogP contribution in [0.25, 0.3) is 16.7 Å². The molecule has 2 heterocycles. The number of anilines is 2. The lowest BCUT2D eigenvalue weighted by atomic mass is 9.81. The molecule has 0 unspecified atom stereocenters.